The Balaban J connectivity index is 1.86. The summed E-state index contributed by atoms with van der Waals surface area (Å²) in [6.07, 6.45) is 5.61. The lowest BCUT2D eigenvalue weighted by Gasteiger charge is -2.43. The van der Waals surface area contributed by atoms with Crippen molar-refractivity contribution < 1.29 is 0 Å². The van der Waals surface area contributed by atoms with E-state index in [9.17, 15) is 0 Å². The number of rotatable bonds is 0. The van der Waals surface area contributed by atoms with Crippen LogP contribution in [0.3, 0.4) is 0 Å². The third-order valence-electron chi connectivity index (χ3n) is 3.12. The van der Waals surface area contributed by atoms with E-state index in [0.717, 1.165) is 0 Å². The van der Waals surface area contributed by atoms with Crippen LogP contribution in [0.2, 0.25) is 0 Å². The molecule has 2 rings (SSSR count). The quantitative estimate of drug-likeness (QED) is 0.538. The van der Waals surface area contributed by atoms with E-state index in [4.69, 9.17) is 0 Å². The second-order valence-electron chi connectivity index (χ2n) is 4.06. The van der Waals surface area contributed by atoms with E-state index >= 15 is 0 Å². The maximum absolute atomic E-state index is 3.54. The Morgan fingerprint density at radius 3 is 1.91 bits per heavy atom. The first kappa shape index (κ1) is 7.56. The molecular weight excluding hydrogens is 136 g/mol. The second-order valence-corrected chi connectivity index (χ2v) is 4.06. The van der Waals surface area contributed by atoms with E-state index < -0.39 is 0 Å². The minimum Gasteiger partial charge on any atom is -0.316 e. The minimum atomic E-state index is 0.653. The van der Waals surface area contributed by atoms with Gasteiger partial charge in [0.15, 0.2) is 0 Å². The van der Waals surface area contributed by atoms with Gasteiger partial charge in [0.1, 0.15) is 0 Å². The van der Waals surface area contributed by atoms with Crippen LogP contribution in [0, 0.1) is 5.41 Å². The topological polar surface area (TPSA) is 24.1 Å². The highest BCUT2D eigenvalue weighted by Crippen LogP contribution is 2.39. The average molecular weight is 154 g/mol. The van der Waals surface area contributed by atoms with Gasteiger partial charge < -0.3 is 10.6 Å². The first-order valence-electron chi connectivity index (χ1n) is 4.83. The predicted octanol–water partition coefficient (Wildman–Crippen LogP) is 0.740. The summed E-state index contributed by atoms with van der Waals surface area (Å²) in [5, 5.41) is 7.08. The Hall–Kier alpha value is -0.0800. The van der Waals surface area contributed by atoms with E-state index in [0.29, 0.717) is 5.41 Å². The third-order valence-corrected chi connectivity index (χ3v) is 3.12. The molecule has 1 aliphatic carbocycles. The third kappa shape index (κ3) is 1.57. The summed E-state index contributed by atoms with van der Waals surface area (Å²) in [4.78, 5) is 0. The van der Waals surface area contributed by atoms with Gasteiger partial charge in [0.05, 0.1) is 0 Å². The smallest absolute Gasteiger partial charge is 0.00200 e. The van der Waals surface area contributed by atoms with Crippen molar-refractivity contribution in [1.29, 1.82) is 0 Å². The molecule has 0 bridgehead atoms. The standard InChI is InChI=1S/C9H18N2/c1-3-9(4-1)7-10-5-2-6-11-8-9/h10-11H,1-8H2. The first-order valence-corrected chi connectivity index (χ1v) is 4.83. The molecule has 2 N–H and O–H groups in total. The molecule has 0 radical (unpaired) electrons. The molecule has 1 saturated heterocycles. The summed E-state index contributed by atoms with van der Waals surface area (Å²) in [5.41, 5.74) is 0.653. The first-order chi connectivity index (χ1) is 5.41. The Morgan fingerprint density at radius 1 is 0.818 bits per heavy atom. The van der Waals surface area contributed by atoms with Gasteiger partial charge in [-0.05, 0) is 37.8 Å². The molecule has 2 heteroatoms. The Labute approximate surface area is 68.7 Å². The predicted molar refractivity (Wildman–Crippen MR) is 46.6 cm³/mol. The molecule has 1 spiro atoms. The van der Waals surface area contributed by atoms with Crippen LogP contribution in [-0.2, 0) is 0 Å². The molecule has 11 heavy (non-hydrogen) atoms. The Kier molecular flexibility index (Phi) is 2.14. The molecule has 0 aromatic rings. The highest BCUT2D eigenvalue weighted by Gasteiger charge is 2.36. The molecule has 1 saturated carbocycles. The molecule has 64 valence electrons. The summed E-state index contributed by atoms with van der Waals surface area (Å²) in [6.45, 7) is 4.91. The highest BCUT2D eigenvalue weighted by atomic mass is 15.0. The monoisotopic (exact) mass is 154 g/mol. The van der Waals surface area contributed by atoms with Gasteiger partial charge in [0.2, 0.25) is 0 Å². The van der Waals surface area contributed by atoms with Crippen LogP contribution in [0.1, 0.15) is 25.7 Å². The molecule has 2 aliphatic rings. The van der Waals surface area contributed by atoms with Crippen molar-refractivity contribution in [1.82, 2.24) is 10.6 Å². The highest BCUT2D eigenvalue weighted by molar-refractivity contribution is 4.92. The minimum absolute atomic E-state index is 0.653. The molecule has 0 aromatic heterocycles. The van der Waals surface area contributed by atoms with Gasteiger partial charge in [0.25, 0.3) is 0 Å². The summed E-state index contributed by atoms with van der Waals surface area (Å²) in [7, 11) is 0. The Morgan fingerprint density at radius 2 is 1.45 bits per heavy atom. The van der Waals surface area contributed by atoms with Gasteiger partial charge in [-0.3, -0.25) is 0 Å². The van der Waals surface area contributed by atoms with Crippen molar-refractivity contribution >= 4 is 0 Å². The molecular formula is C9H18N2. The summed E-state index contributed by atoms with van der Waals surface area (Å²) < 4.78 is 0. The van der Waals surface area contributed by atoms with Crippen molar-refractivity contribution in [2.45, 2.75) is 25.7 Å². The van der Waals surface area contributed by atoms with Gasteiger partial charge in [-0.15, -0.1) is 0 Å². The zero-order valence-electron chi connectivity index (χ0n) is 7.16. The lowest BCUT2D eigenvalue weighted by Crippen LogP contribution is -2.49. The maximum Gasteiger partial charge on any atom is 0.00200 e. The van der Waals surface area contributed by atoms with Crippen LogP contribution in [0.15, 0.2) is 0 Å². The fraction of sp³-hybridized carbons (Fsp3) is 1.00. The van der Waals surface area contributed by atoms with Crippen molar-refractivity contribution in [2.24, 2.45) is 5.41 Å². The van der Waals surface area contributed by atoms with Crippen LogP contribution in [-0.4, -0.2) is 26.2 Å². The molecule has 0 unspecified atom stereocenters. The van der Waals surface area contributed by atoms with Gasteiger partial charge in [-0.25, -0.2) is 0 Å². The largest absolute Gasteiger partial charge is 0.316 e. The van der Waals surface area contributed by atoms with E-state index in [1.807, 2.05) is 0 Å². The summed E-state index contributed by atoms with van der Waals surface area (Å²) >= 11 is 0. The van der Waals surface area contributed by atoms with Gasteiger partial charge in [-0.2, -0.15) is 0 Å². The molecule has 0 aromatic carbocycles. The zero-order chi connectivity index (χ0) is 7.57. The SMILES string of the molecule is C1CNCC2(CCC2)CNC1. The van der Waals surface area contributed by atoms with Crippen LogP contribution < -0.4 is 10.6 Å². The second kappa shape index (κ2) is 3.11. The maximum atomic E-state index is 3.54. The Bertz CT molecular complexity index is 120. The number of hydrogen-bond acceptors (Lipinski definition) is 2. The van der Waals surface area contributed by atoms with E-state index in [1.54, 1.807) is 0 Å². The van der Waals surface area contributed by atoms with Crippen molar-refractivity contribution in [3.63, 3.8) is 0 Å². The molecule has 0 amide bonds. The summed E-state index contributed by atoms with van der Waals surface area (Å²) in [5.74, 6) is 0. The van der Waals surface area contributed by atoms with Crippen molar-refractivity contribution in [2.75, 3.05) is 26.2 Å². The van der Waals surface area contributed by atoms with E-state index in [2.05, 4.69) is 10.6 Å². The number of hydrogen-bond donors (Lipinski definition) is 2. The fourth-order valence-electron chi connectivity index (χ4n) is 2.14. The van der Waals surface area contributed by atoms with E-state index in [1.165, 1.54) is 51.9 Å². The van der Waals surface area contributed by atoms with Gasteiger partial charge in [0, 0.05) is 13.1 Å². The van der Waals surface area contributed by atoms with Crippen LogP contribution in [0.25, 0.3) is 0 Å². The molecule has 1 heterocycles. The molecule has 0 atom stereocenters. The molecule has 2 fully saturated rings. The van der Waals surface area contributed by atoms with Crippen molar-refractivity contribution in [3.8, 4) is 0 Å². The van der Waals surface area contributed by atoms with Crippen LogP contribution in [0.4, 0.5) is 0 Å². The lowest BCUT2D eigenvalue weighted by molar-refractivity contribution is 0.121. The lowest BCUT2D eigenvalue weighted by atomic mass is 9.68. The number of nitrogens with one attached hydrogen (secondary N) is 2. The van der Waals surface area contributed by atoms with Crippen LogP contribution >= 0.6 is 0 Å². The zero-order valence-corrected chi connectivity index (χ0v) is 7.16. The summed E-state index contributed by atoms with van der Waals surface area (Å²) in [6, 6.07) is 0. The van der Waals surface area contributed by atoms with Crippen molar-refractivity contribution in [3.05, 3.63) is 0 Å². The van der Waals surface area contributed by atoms with E-state index in [-0.39, 0.29) is 0 Å². The average Bonchev–Trinajstić information content (AvgIpc) is 1.82. The normalized spacial score (nSPS) is 30.5. The molecule has 1 aliphatic heterocycles. The van der Waals surface area contributed by atoms with Gasteiger partial charge in [-0.1, -0.05) is 6.42 Å². The van der Waals surface area contributed by atoms with Crippen LogP contribution in [0.5, 0.6) is 0 Å². The fourth-order valence-corrected chi connectivity index (χ4v) is 2.14. The molecule has 2 nitrogen and oxygen atoms in total. The van der Waals surface area contributed by atoms with Gasteiger partial charge >= 0.3 is 0 Å².